The molecule has 1 unspecified atom stereocenters. The van der Waals surface area contributed by atoms with Gasteiger partial charge in [-0.3, -0.25) is 0 Å². The number of hydrogen-bond donors (Lipinski definition) is 0. The summed E-state index contributed by atoms with van der Waals surface area (Å²) in [5.74, 6) is 0.529. The van der Waals surface area contributed by atoms with Crippen LogP contribution < -0.4 is 4.74 Å². The summed E-state index contributed by atoms with van der Waals surface area (Å²) in [7, 11) is 1.64. The third-order valence-electron chi connectivity index (χ3n) is 3.46. The van der Waals surface area contributed by atoms with Crippen LogP contribution in [0.25, 0.3) is 0 Å². The van der Waals surface area contributed by atoms with Crippen molar-refractivity contribution in [2.45, 2.75) is 25.1 Å². The lowest BCUT2D eigenvalue weighted by Gasteiger charge is -2.13. The van der Waals surface area contributed by atoms with Crippen LogP contribution in [0.15, 0.2) is 36.4 Å². The van der Waals surface area contributed by atoms with Crippen LogP contribution in [0.5, 0.6) is 5.75 Å². The van der Waals surface area contributed by atoms with Crippen LogP contribution in [0.1, 0.15) is 28.5 Å². The summed E-state index contributed by atoms with van der Waals surface area (Å²) in [6, 6.07) is 10.9. The maximum atomic E-state index is 13.4. The van der Waals surface area contributed by atoms with E-state index < -0.39 is 0 Å². The molecular formula is C17H17Cl2FO. The van der Waals surface area contributed by atoms with Crippen molar-refractivity contribution in [3.05, 3.63) is 63.9 Å². The van der Waals surface area contributed by atoms with Crippen molar-refractivity contribution in [1.82, 2.24) is 0 Å². The second-order valence-electron chi connectivity index (χ2n) is 4.98. The van der Waals surface area contributed by atoms with Gasteiger partial charge in [0.05, 0.1) is 12.5 Å². The maximum Gasteiger partial charge on any atom is 0.127 e. The van der Waals surface area contributed by atoms with Crippen LogP contribution in [0.3, 0.4) is 0 Å². The number of benzene rings is 2. The molecule has 0 N–H and O–H groups in total. The van der Waals surface area contributed by atoms with Crippen molar-refractivity contribution in [1.29, 1.82) is 0 Å². The van der Waals surface area contributed by atoms with Crippen LogP contribution in [-0.4, -0.2) is 7.11 Å². The van der Waals surface area contributed by atoms with Gasteiger partial charge in [-0.25, -0.2) is 4.39 Å². The van der Waals surface area contributed by atoms with Gasteiger partial charge < -0.3 is 4.74 Å². The topological polar surface area (TPSA) is 9.23 Å². The van der Waals surface area contributed by atoms with Gasteiger partial charge >= 0.3 is 0 Å². The smallest absolute Gasteiger partial charge is 0.127 e. The molecule has 0 amide bonds. The minimum atomic E-state index is -0.303. The summed E-state index contributed by atoms with van der Waals surface area (Å²) < 4.78 is 18.5. The predicted octanol–water partition coefficient (Wildman–Crippen LogP) is 5.71. The number of halogens is 3. The highest BCUT2D eigenvalue weighted by molar-refractivity contribution is 6.32. The van der Waals surface area contributed by atoms with E-state index in [4.69, 9.17) is 27.9 Å². The molecule has 0 aliphatic carbocycles. The van der Waals surface area contributed by atoms with E-state index in [0.29, 0.717) is 10.6 Å². The Morgan fingerprint density at radius 3 is 2.48 bits per heavy atom. The average molecular weight is 327 g/mol. The Labute approximate surface area is 134 Å². The fraction of sp³-hybridized carbons (Fsp3) is 0.294. The summed E-state index contributed by atoms with van der Waals surface area (Å²) in [5, 5.41) is 0.145. The van der Waals surface area contributed by atoms with Crippen LogP contribution in [0.2, 0.25) is 5.02 Å². The molecule has 4 heteroatoms. The number of ether oxygens (including phenoxy) is 1. The molecule has 0 bridgehead atoms. The van der Waals surface area contributed by atoms with E-state index in [0.717, 1.165) is 24.2 Å². The highest BCUT2D eigenvalue weighted by Crippen LogP contribution is 2.33. The number of hydrogen-bond acceptors (Lipinski definition) is 1. The first-order chi connectivity index (χ1) is 10.0. The van der Waals surface area contributed by atoms with Crippen molar-refractivity contribution in [2.75, 3.05) is 7.11 Å². The first-order valence-electron chi connectivity index (χ1n) is 6.74. The standard InChI is InChI=1S/C17H17Cl2FO/c1-11-9-14(16(19)10-17(11)20)15(18)8-5-12-3-6-13(21-2)7-4-12/h3-4,6-7,9-10,15H,5,8H2,1-2H3. The van der Waals surface area contributed by atoms with Crippen molar-refractivity contribution >= 4 is 23.2 Å². The molecule has 0 fully saturated rings. The van der Waals surface area contributed by atoms with Gasteiger partial charge in [0, 0.05) is 5.02 Å². The normalized spacial score (nSPS) is 12.2. The zero-order chi connectivity index (χ0) is 15.4. The number of aryl methyl sites for hydroxylation is 2. The predicted molar refractivity (Wildman–Crippen MR) is 86.1 cm³/mol. The molecule has 0 aliphatic rings. The van der Waals surface area contributed by atoms with Gasteiger partial charge in [-0.15, -0.1) is 11.6 Å². The van der Waals surface area contributed by atoms with Gasteiger partial charge in [0.25, 0.3) is 0 Å². The molecule has 0 saturated heterocycles. The van der Waals surface area contributed by atoms with Crippen molar-refractivity contribution < 1.29 is 9.13 Å². The van der Waals surface area contributed by atoms with E-state index in [2.05, 4.69) is 0 Å². The maximum absolute atomic E-state index is 13.4. The summed E-state index contributed by atoms with van der Waals surface area (Å²) in [6.07, 6.45) is 1.56. The third-order valence-corrected chi connectivity index (χ3v) is 4.24. The van der Waals surface area contributed by atoms with Gasteiger partial charge in [-0.1, -0.05) is 29.8 Å². The van der Waals surface area contributed by atoms with Gasteiger partial charge in [0.2, 0.25) is 0 Å². The molecule has 0 saturated carbocycles. The molecular weight excluding hydrogens is 310 g/mol. The Morgan fingerprint density at radius 1 is 1.19 bits per heavy atom. The van der Waals surface area contributed by atoms with Crippen molar-refractivity contribution in [2.24, 2.45) is 0 Å². The van der Waals surface area contributed by atoms with Crippen LogP contribution in [0.4, 0.5) is 4.39 Å². The molecule has 0 aromatic heterocycles. The highest BCUT2D eigenvalue weighted by atomic mass is 35.5. The molecule has 112 valence electrons. The highest BCUT2D eigenvalue weighted by Gasteiger charge is 2.14. The molecule has 1 nitrogen and oxygen atoms in total. The van der Waals surface area contributed by atoms with E-state index in [1.165, 1.54) is 11.6 Å². The molecule has 0 aliphatic heterocycles. The minimum absolute atomic E-state index is 0.237. The molecule has 0 spiro atoms. The lowest BCUT2D eigenvalue weighted by atomic mass is 10.0. The van der Waals surface area contributed by atoms with Gasteiger partial charge in [-0.2, -0.15) is 0 Å². The molecule has 0 heterocycles. The zero-order valence-electron chi connectivity index (χ0n) is 12.0. The molecule has 2 rings (SSSR count). The third kappa shape index (κ3) is 4.12. The molecule has 2 aromatic carbocycles. The molecule has 21 heavy (non-hydrogen) atoms. The summed E-state index contributed by atoms with van der Waals surface area (Å²) in [5.41, 5.74) is 2.52. The quantitative estimate of drug-likeness (QED) is 0.639. The second kappa shape index (κ2) is 7.15. The fourth-order valence-electron chi connectivity index (χ4n) is 2.16. The average Bonchev–Trinajstić information content (AvgIpc) is 2.49. The van der Waals surface area contributed by atoms with Crippen LogP contribution in [-0.2, 0) is 6.42 Å². The minimum Gasteiger partial charge on any atom is -0.497 e. The number of alkyl halides is 1. The first kappa shape index (κ1) is 16.1. The molecule has 0 radical (unpaired) electrons. The summed E-state index contributed by atoms with van der Waals surface area (Å²) in [4.78, 5) is 0. The van der Waals surface area contributed by atoms with E-state index in [1.54, 1.807) is 20.1 Å². The van der Waals surface area contributed by atoms with Gasteiger partial charge in [0.1, 0.15) is 11.6 Å². The Morgan fingerprint density at radius 2 is 1.86 bits per heavy atom. The second-order valence-corrected chi connectivity index (χ2v) is 5.91. The first-order valence-corrected chi connectivity index (χ1v) is 7.55. The lowest BCUT2D eigenvalue weighted by molar-refractivity contribution is 0.414. The number of rotatable bonds is 5. The summed E-state index contributed by atoms with van der Waals surface area (Å²) in [6.45, 7) is 1.71. The zero-order valence-corrected chi connectivity index (χ0v) is 13.5. The van der Waals surface area contributed by atoms with Gasteiger partial charge in [-0.05, 0) is 54.7 Å². The largest absolute Gasteiger partial charge is 0.497 e. The monoisotopic (exact) mass is 326 g/mol. The lowest BCUT2D eigenvalue weighted by Crippen LogP contribution is -1.97. The Balaban J connectivity index is 2.04. The van der Waals surface area contributed by atoms with E-state index >= 15 is 0 Å². The SMILES string of the molecule is COc1ccc(CCC(Cl)c2cc(C)c(F)cc2Cl)cc1. The Kier molecular flexibility index (Phi) is 5.49. The van der Waals surface area contributed by atoms with E-state index in [1.807, 2.05) is 24.3 Å². The Bertz CT molecular complexity index is 611. The van der Waals surface area contributed by atoms with Crippen molar-refractivity contribution in [3.8, 4) is 5.75 Å². The van der Waals surface area contributed by atoms with E-state index in [-0.39, 0.29) is 11.2 Å². The van der Waals surface area contributed by atoms with Crippen LogP contribution in [0, 0.1) is 12.7 Å². The summed E-state index contributed by atoms with van der Waals surface area (Å²) >= 11 is 12.5. The van der Waals surface area contributed by atoms with Crippen molar-refractivity contribution in [3.63, 3.8) is 0 Å². The van der Waals surface area contributed by atoms with E-state index in [9.17, 15) is 4.39 Å². The number of methoxy groups -OCH3 is 1. The molecule has 1 atom stereocenters. The molecule has 2 aromatic rings. The van der Waals surface area contributed by atoms with Crippen LogP contribution >= 0.6 is 23.2 Å². The Hall–Kier alpha value is -1.25. The van der Waals surface area contributed by atoms with Gasteiger partial charge in [0.15, 0.2) is 0 Å². The fourth-order valence-corrected chi connectivity index (χ4v) is 2.79.